The van der Waals surface area contributed by atoms with Gasteiger partial charge in [-0.3, -0.25) is 4.68 Å². The molecule has 1 heterocycles. The van der Waals surface area contributed by atoms with Crippen LogP contribution in [0.5, 0.6) is 0 Å². The lowest BCUT2D eigenvalue weighted by Crippen LogP contribution is -2.36. The predicted octanol–water partition coefficient (Wildman–Crippen LogP) is 3.33. The molecule has 3 heteroatoms. The molecule has 0 aliphatic rings. The first-order chi connectivity index (χ1) is 9.04. The summed E-state index contributed by atoms with van der Waals surface area (Å²) in [5, 5.41) is 7.90. The minimum atomic E-state index is 0.194. The molecule has 1 aromatic heterocycles. The van der Waals surface area contributed by atoms with E-state index in [2.05, 4.69) is 61.6 Å². The van der Waals surface area contributed by atoms with E-state index in [0.29, 0.717) is 0 Å². The Kier molecular flexibility index (Phi) is 4.38. The highest BCUT2D eigenvalue weighted by molar-refractivity contribution is 5.61. The van der Waals surface area contributed by atoms with Gasteiger partial charge in [0, 0.05) is 23.8 Å². The molecule has 0 atom stereocenters. The predicted molar refractivity (Wildman–Crippen MR) is 80.0 cm³/mol. The third-order valence-electron chi connectivity index (χ3n) is 2.96. The number of nitrogens with zero attached hydrogens (tertiary/aromatic N) is 2. The van der Waals surface area contributed by atoms with Crippen molar-refractivity contribution in [2.75, 3.05) is 6.54 Å². The molecule has 0 unspecified atom stereocenters. The minimum Gasteiger partial charge on any atom is -0.312 e. The smallest absolute Gasteiger partial charge is 0.0568 e. The van der Waals surface area contributed by atoms with Gasteiger partial charge in [-0.25, -0.2) is 0 Å². The highest BCUT2D eigenvalue weighted by Crippen LogP contribution is 2.17. The largest absolute Gasteiger partial charge is 0.312 e. The lowest BCUT2D eigenvalue weighted by Gasteiger charge is -2.20. The lowest BCUT2D eigenvalue weighted by molar-refractivity contribution is 0.409. The zero-order valence-electron chi connectivity index (χ0n) is 12.1. The van der Waals surface area contributed by atoms with Gasteiger partial charge in [0.1, 0.15) is 0 Å². The van der Waals surface area contributed by atoms with Crippen molar-refractivity contribution >= 4 is 0 Å². The van der Waals surface area contributed by atoms with Gasteiger partial charge in [-0.15, -0.1) is 0 Å². The van der Waals surface area contributed by atoms with Crippen molar-refractivity contribution in [3.05, 3.63) is 42.7 Å². The molecule has 3 nitrogen and oxygen atoms in total. The number of hydrogen-bond acceptors (Lipinski definition) is 2. The molecular formula is C16H23N3. The molecule has 19 heavy (non-hydrogen) atoms. The van der Waals surface area contributed by atoms with Crippen molar-refractivity contribution in [3.8, 4) is 11.1 Å². The van der Waals surface area contributed by atoms with Crippen LogP contribution in [0, 0.1) is 0 Å². The number of hydrogen-bond donors (Lipinski definition) is 1. The van der Waals surface area contributed by atoms with Gasteiger partial charge in [-0.05, 0) is 39.3 Å². The summed E-state index contributed by atoms with van der Waals surface area (Å²) >= 11 is 0. The zero-order valence-corrected chi connectivity index (χ0v) is 12.1. The highest BCUT2D eigenvalue weighted by atomic mass is 15.3. The Labute approximate surface area is 115 Å². The number of rotatable bonds is 5. The van der Waals surface area contributed by atoms with Crippen LogP contribution in [0.4, 0.5) is 0 Å². The van der Waals surface area contributed by atoms with Gasteiger partial charge in [-0.2, -0.15) is 5.10 Å². The maximum atomic E-state index is 4.42. The minimum absolute atomic E-state index is 0.194. The van der Waals surface area contributed by atoms with Crippen LogP contribution in [-0.2, 0) is 6.54 Å². The van der Waals surface area contributed by atoms with E-state index in [4.69, 9.17) is 0 Å². The Morgan fingerprint density at radius 2 is 1.84 bits per heavy atom. The summed E-state index contributed by atoms with van der Waals surface area (Å²) in [6.07, 6.45) is 5.14. The van der Waals surface area contributed by atoms with Gasteiger partial charge in [-0.1, -0.05) is 30.3 Å². The molecular weight excluding hydrogens is 234 g/mol. The van der Waals surface area contributed by atoms with Gasteiger partial charge in [0.25, 0.3) is 0 Å². The van der Waals surface area contributed by atoms with Gasteiger partial charge in [0.2, 0.25) is 0 Å². The maximum Gasteiger partial charge on any atom is 0.0568 e. The van der Waals surface area contributed by atoms with Crippen LogP contribution in [-0.4, -0.2) is 21.9 Å². The van der Waals surface area contributed by atoms with Gasteiger partial charge >= 0.3 is 0 Å². The van der Waals surface area contributed by atoms with Crippen LogP contribution in [0.3, 0.4) is 0 Å². The Morgan fingerprint density at radius 3 is 2.53 bits per heavy atom. The van der Waals surface area contributed by atoms with Crippen LogP contribution in [0.25, 0.3) is 11.1 Å². The monoisotopic (exact) mass is 257 g/mol. The molecule has 0 saturated carbocycles. The third kappa shape index (κ3) is 4.52. The third-order valence-corrected chi connectivity index (χ3v) is 2.96. The molecule has 102 valence electrons. The van der Waals surface area contributed by atoms with Crippen molar-refractivity contribution in [1.29, 1.82) is 0 Å². The molecule has 0 fully saturated rings. The first-order valence-corrected chi connectivity index (χ1v) is 6.87. The Hall–Kier alpha value is -1.61. The molecule has 0 aliphatic heterocycles. The summed E-state index contributed by atoms with van der Waals surface area (Å²) in [5.41, 5.74) is 2.60. The molecule has 0 bridgehead atoms. The average molecular weight is 257 g/mol. The molecule has 0 spiro atoms. The summed E-state index contributed by atoms with van der Waals surface area (Å²) in [7, 11) is 0. The molecule has 0 radical (unpaired) electrons. The normalized spacial score (nSPS) is 11.7. The Morgan fingerprint density at radius 1 is 1.11 bits per heavy atom. The van der Waals surface area contributed by atoms with E-state index in [-0.39, 0.29) is 5.54 Å². The summed E-state index contributed by atoms with van der Waals surface area (Å²) < 4.78 is 2.02. The first kappa shape index (κ1) is 13.8. The molecule has 1 aromatic carbocycles. The molecule has 2 aromatic rings. The maximum absolute atomic E-state index is 4.42. The summed E-state index contributed by atoms with van der Waals surface area (Å²) in [5.74, 6) is 0. The van der Waals surface area contributed by atoms with E-state index < -0.39 is 0 Å². The number of aromatic nitrogens is 2. The number of nitrogens with one attached hydrogen (secondary N) is 1. The van der Waals surface area contributed by atoms with E-state index in [9.17, 15) is 0 Å². The standard InChI is InChI=1S/C16H23N3/c1-16(2,3)17-10-7-11-19-13-15(12-18-19)14-8-5-4-6-9-14/h4-6,8-9,12-13,17H,7,10-11H2,1-3H3. The Balaban J connectivity index is 1.85. The van der Waals surface area contributed by atoms with E-state index in [1.165, 1.54) is 11.1 Å². The van der Waals surface area contributed by atoms with Crippen LogP contribution >= 0.6 is 0 Å². The van der Waals surface area contributed by atoms with E-state index in [1.807, 2.05) is 16.9 Å². The van der Waals surface area contributed by atoms with E-state index in [1.54, 1.807) is 0 Å². The lowest BCUT2D eigenvalue weighted by atomic mass is 10.1. The second-order valence-electron chi connectivity index (χ2n) is 5.89. The van der Waals surface area contributed by atoms with E-state index >= 15 is 0 Å². The molecule has 0 saturated heterocycles. The summed E-state index contributed by atoms with van der Waals surface area (Å²) in [6, 6.07) is 10.4. The van der Waals surface area contributed by atoms with Crippen molar-refractivity contribution in [3.63, 3.8) is 0 Å². The molecule has 0 amide bonds. The SMILES string of the molecule is CC(C)(C)NCCCn1cc(-c2ccccc2)cn1. The topological polar surface area (TPSA) is 29.9 Å². The fourth-order valence-corrected chi connectivity index (χ4v) is 1.97. The quantitative estimate of drug-likeness (QED) is 0.833. The van der Waals surface area contributed by atoms with Crippen molar-refractivity contribution < 1.29 is 0 Å². The van der Waals surface area contributed by atoms with Gasteiger partial charge < -0.3 is 5.32 Å². The fraction of sp³-hybridized carbons (Fsp3) is 0.438. The molecule has 2 rings (SSSR count). The van der Waals surface area contributed by atoms with Crippen molar-refractivity contribution in [2.24, 2.45) is 0 Å². The van der Waals surface area contributed by atoms with Crippen LogP contribution in [0.15, 0.2) is 42.7 Å². The molecule has 1 N–H and O–H groups in total. The number of benzene rings is 1. The average Bonchev–Trinajstić information content (AvgIpc) is 2.83. The Bertz CT molecular complexity index is 494. The van der Waals surface area contributed by atoms with Crippen molar-refractivity contribution in [2.45, 2.75) is 39.3 Å². The van der Waals surface area contributed by atoms with Gasteiger partial charge in [0.15, 0.2) is 0 Å². The van der Waals surface area contributed by atoms with Crippen LogP contribution in [0.1, 0.15) is 27.2 Å². The fourth-order valence-electron chi connectivity index (χ4n) is 1.97. The second kappa shape index (κ2) is 6.02. The zero-order chi connectivity index (χ0) is 13.7. The second-order valence-corrected chi connectivity index (χ2v) is 5.89. The molecule has 0 aliphatic carbocycles. The summed E-state index contributed by atoms with van der Waals surface area (Å²) in [6.45, 7) is 8.54. The van der Waals surface area contributed by atoms with Crippen LogP contribution < -0.4 is 5.32 Å². The first-order valence-electron chi connectivity index (χ1n) is 6.87. The summed E-state index contributed by atoms with van der Waals surface area (Å²) in [4.78, 5) is 0. The highest BCUT2D eigenvalue weighted by Gasteiger charge is 2.07. The van der Waals surface area contributed by atoms with Crippen LogP contribution in [0.2, 0.25) is 0 Å². The van der Waals surface area contributed by atoms with Gasteiger partial charge in [0.05, 0.1) is 6.20 Å². The van der Waals surface area contributed by atoms with E-state index in [0.717, 1.165) is 19.5 Å². The van der Waals surface area contributed by atoms with Crippen molar-refractivity contribution in [1.82, 2.24) is 15.1 Å². The number of aryl methyl sites for hydroxylation is 1.